The predicted molar refractivity (Wildman–Crippen MR) is 77.6 cm³/mol. The number of aromatic amines is 1. The number of nitrogens with one attached hydrogen (secondary N) is 1. The minimum Gasteiger partial charge on any atom is -0.247 e. The van der Waals surface area contributed by atoms with Gasteiger partial charge in [-0.3, -0.25) is 0 Å². The zero-order valence-electron chi connectivity index (χ0n) is 13.8. The Kier molecular flexibility index (Phi) is 2.80. The van der Waals surface area contributed by atoms with Gasteiger partial charge in [0.2, 0.25) is 6.30 Å². The lowest BCUT2D eigenvalue weighted by Crippen LogP contribution is -2.32. The molecule has 1 aromatic carbocycles. The van der Waals surface area contributed by atoms with Crippen molar-refractivity contribution in [1.29, 1.82) is 0 Å². The van der Waals surface area contributed by atoms with Gasteiger partial charge in [-0.1, -0.05) is 37.5 Å². The smallest absolute Gasteiger partial charge is 0.247 e. The van der Waals surface area contributed by atoms with E-state index in [0.29, 0.717) is 5.92 Å². The van der Waals surface area contributed by atoms with Crippen molar-refractivity contribution < 1.29 is 7.35 Å². The van der Waals surface area contributed by atoms with Gasteiger partial charge in [0.25, 0.3) is 0 Å². The Morgan fingerprint density at radius 2 is 1.95 bits per heavy atom. The SMILES string of the molecule is [2H]c1n([2H])c(C2CCCCC2)c(C)[n+]1-c1ccccc1C. The van der Waals surface area contributed by atoms with Crippen LogP contribution in [0.5, 0.6) is 0 Å². The van der Waals surface area contributed by atoms with Gasteiger partial charge in [-0.05, 0) is 31.4 Å². The van der Waals surface area contributed by atoms with Gasteiger partial charge in [-0.2, -0.15) is 4.57 Å². The van der Waals surface area contributed by atoms with Crippen LogP contribution in [0, 0.1) is 13.8 Å². The predicted octanol–water partition coefficient (Wildman–Crippen LogP) is 3.96. The van der Waals surface area contributed by atoms with Crippen molar-refractivity contribution in [3.8, 4) is 5.69 Å². The number of benzene rings is 1. The number of para-hydroxylation sites is 1. The third kappa shape index (κ3) is 2.32. The fraction of sp³-hybridized carbons (Fsp3) is 0.471. The van der Waals surface area contributed by atoms with E-state index in [0.717, 1.165) is 35.5 Å². The van der Waals surface area contributed by atoms with E-state index >= 15 is 0 Å². The van der Waals surface area contributed by atoms with E-state index in [1.807, 2.05) is 22.8 Å². The average molecular weight is 257 g/mol. The van der Waals surface area contributed by atoms with Crippen molar-refractivity contribution in [1.82, 2.24) is 4.98 Å². The number of rotatable bonds is 2. The maximum Gasteiger partial charge on any atom is 0.311 e. The molecule has 1 aromatic heterocycles. The molecule has 0 radical (unpaired) electrons. The molecule has 0 bridgehead atoms. The van der Waals surface area contributed by atoms with E-state index in [1.165, 1.54) is 24.2 Å². The van der Waals surface area contributed by atoms with Gasteiger partial charge < -0.3 is 0 Å². The standard InChI is InChI=1S/C17H22N2/c1-13-8-6-7-11-16(13)19-12-18-17(14(19)2)15-9-4-3-5-10-15/h6-8,11-12,15H,3-5,9-10H2,1-2H3/p+1/i12D/hD. The Morgan fingerprint density at radius 1 is 1.21 bits per heavy atom. The number of H-pyrrole nitrogens is 1. The summed E-state index contributed by atoms with van der Waals surface area (Å²) >= 11 is 0. The molecular weight excluding hydrogens is 232 g/mol. The number of imidazole rings is 1. The highest BCUT2D eigenvalue weighted by molar-refractivity contribution is 5.32. The van der Waals surface area contributed by atoms with Crippen molar-refractivity contribution in [3.05, 3.63) is 47.5 Å². The fourth-order valence-electron chi connectivity index (χ4n) is 3.19. The Morgan fingerprint density at radius 3 is 2.68 bits per heavy atom. The quantitative estimate of drug-likeness (QED) is 0.786. The van der Waals surface area contributed by atoms with Gasteiger partial charge in [0.05, 0.1) is 0 Å². The highest BCUT2D eigenvalue weighted by Crippen LogP contribution is 2.32. The van der Waals surface area contributed by atoms with Crippen molar-refractivity contribution in [2.24, 2.45) is 0 Å². The Balaban J connectivity index is 2.13. The van der Waals surface area contributed by atoms with E-state index in [-0.39, 0.29) is 6.30 Å². The van der Waals surface area contributed by atoms with Gasteiger partial charge in [-0.25, -0.2) is 4.98 Å². The molecule has 1 N–H and O–H groups in total. The third-order valence-electron chi connectivity index (χ3n) is 4.32. The molecule has 1 aliphatic carbocycles. The largest absolute Gasteiger partial charge is 0.311 e. The number of hydrogen-bond acceptors (Lipinski definition) is 0. The summed E-state index contributed by atoms with van der Waals surface area (Å²) in [5, 5.41) is 0. The van der Waals surface area contributed by atoms with Gasteiger partial charge in [0, 0.05) is 12.8 Å². The molecule has 2 nitrogen and oxygen atoms in total. The van der Waals surface area contributed by atoms with Crippen LogP contribution >= 0.6 is 0 Å². The molecule has 100 valence electrons. The Labute approximate surface area is 118 Å². The monoisotopic (exact) mass is 257 g/mol. The van der Waals surface area contributed by atoms with E-state index in [1.54, 1.807) is 0 Å². The summed E-state index contributed by atoms with van der Waals surface area (Å²) in [6, 6.07) is 8.10. The molecule has 0 spiro atoms. The third-order valence-corrected chi connectivity index (χ3v) is 4.32. The molecule has 0 aliphatic heterocycles. The minimum absolute atomic E-state index is 0.252. The van der Waals surface area contributed by atoms with Crippen molar-refractivity contribution in [3.63, 3.8) is 0 Å². The molecule has 3 rings (SSSR count). The molecular formula is C17H23N2+. The van der Waals surface area contributed by atoms with Gasteiger partial charge in [-0.15, -0.1) is 0 Å². The molecule has 0 saturated heterocycles. The lowest BCUT2D eigenvalue weighted by molar-refractivity contribution is -0.601. The second kappa shape index (κ2) is 5.20. The van der Waals surface area contributed by atoms with Crippen LogP contribution in [0.3, 0.4) is 0 Å². The van der Waals surface area contributed by atoms with Crippen LogP contribution in [0.1, 0.15) is 56.3 Å². The van der Waals surface area contributed by atoms with Crippen molar-refractivity contribution in [2.75, 3.05) is 0 Å². The molecule has 0 atom stereocenters. The van der Waals surface area contributed by atoms with Crippen LogP contribution in [-0.2, 0) is 0 Å². The summed E-state index contributed by atoms with van der Waals surface area (Å²) in [7, 11) is 0. The normalized spacial score (nSPS) is 18.2. The van der Waals surface area contributed by atoms with E-state index in [4.69, 9.17) is 2.78 Å². The Bertz CT molecular complexity index is 655. The van der Waals surface area contributed by atoms with E-state index < -0.39 is 0 Å². The van der Waals surface area contributed by atoms with E-state index in [9.17, 15) is 0 Å². The number of hydrogen-bond donors (Lipinski definition) is 1. The number of aromatic nitrogens is 2. The molecule has 1 heterocycles. The minimum atomic E-state index is 0.252. The highest BCUT2D eigenvalue weighted by atomic mass is 15.1. The molecule has 2 aromatic rings. The lowest BCUT2D eigenvalue weighted by Gasteiger charge is -2.18. The molecule has 19 heavy (non-hydrogen) atoms. The topological polar surface area (TPSA) is 19.7 Å². The lowest BCUT2D eigenvalue weighted by atomic mass is 9.86. The first kappa shape index (κ1) is 10.2. The van der Waals surface area contributed by atoms with Gasteiger partial charge in [0.15, 0.2) is 1.37 Å². The molecule has 2 heteroatoms. The van der Waals surface area contributed by atoms with Crippen LogP contribution in [0.2, 0.25) is 1.41 Å². The zero-order valence-corrected chi connectivity index (χ0v) is 11.8. The average Bonchev–Trinajstić information content (AvgIpc) is 2.71. The van der Waals surface area contributed by atoms with Crippen LogP contribution in [0.4, 0.5) is 0 Å². The van der Waals surface area contributed by atoms with Crippen LogP contribution in [0.25, 0.3) is 5.69 Å². The maximum atomic E-state index is 8.35. The molecule has 0 amide bonds. The van der Waals surface area contributed by atoms with Crippen LogP contribution in [-0.4, -0.2) is 4.98 Å². The van der Waals surface area contributed by atoms with Crippen molar-refractivity contribution in [2.45, 2.75) is 51.9 Å². The van der Waals surface area contributed by atoms with Gasteiger partial charge in [0.1, 0.15) is 17.1 Å². The summed E-state index contributed by atoms with van der Waals surface area (Å²) in [5.74, 6) is 0.436. The summed E-state index contributed by atoms with van der Waals surface area (Å²) in [4.78, 5) is 1.34. The maximum absolute atomic E-state index is 8.35. The summed E-state index contributed by atoms with van der Waals surface area (Å²) in [6.45, 7) is 4.11. The first-order valence-electron chi connectivity index (χ1n) is 8.25. The molecule has 1 saturated carbocycles. The summed E-state index contributed by atoms with van der Waals surface area (Å²) in [6.07, 6.45) is 6.34. The summed E-state index contributed by atoms with van der Waals surface area (Å²) < 4.78 is 18.6. The van der Waals surface area contributed by atoms with E-state index in [2.05, 4.69) is 19.9 Å². The Hall–Kier alpha value is -1.57. The van der Waals surface area contributed by atoms with Gasteiger partial charge >= 0.3 is 1.41 Å². The first-order chi connectivity index (χ1) is 10.1. The second-order valence-electron chi connectivity index (χ2n) is 5.64. The number of aryl methyl sites for hydroxylation is 1. The van der Waals surface area contributed by atoms with Crippen LogP contribution in [0.15, 0.2) is 30.6 Å². The number of nitrogens with zero attached hydrogens (tertiary/aromatic N) is 1. The fourth-order valence-corrected chi connectivity index (χ4v) is 3.19. The highest BCUT2D eigenvalue weighted by Gasteiger charge is 2.25. The second-order valence-corrected chi connectivity index (χ2v) is 5.64. The first-order valence-corrected chi connectivity index (χ1v) is 7.30. The summed E-state index contributed by atoms with van der Waals surface area (Å²) in [5.41, 5.74) is 4.24. The molecule has 0 unspecified atom stereocenters. The molecule has 1 aliphatic rings. The zero-order chi connectivity index (χ0) is 15.0. The van der Waals surface area contributed by atoms with Crippen molar-refractivity contribution >= 4 is 0 Å². The molecule has 1 fully saturated rings. The van der Waals surface area contributed by atoms with Crippen LogP contribution < -0.4 is 4.57 Å².